The Balaban J connectivity index is 1.48. The number of ether oxygens (including phenoxy) is 1. The van der Waals surface area contributed by atoms with Crippen molar-refractivity contribution in [1.29, 1.82) is 5.26 Å². The van der Waals surface area contributed by atoms with Gasteiger partial charge in [0.2, 0.25) is 11.8 Å². The lowest BCUT2D eigenvalue weighted by Crippen LogP contribution is -2.28. The van der Waals surface area contributed by atoms with E-state index in [1.807, 2.05) is 26.0 Å². The summed E-state index contributed by atoms with van der Waals surface area (Å²) in [6.07, 6.45) is 4.18. The standard InChI is InChI=1S/C27H27N3O3/c1-4-10-30-25(31)13-18-12-22-20(6-5-7-21(22)26(18)30)24-15-29-27(33-24)17-8-9-23(32-16(2)3)19(11-17)14-28/h5-9,11,15-16,18,26H,4,10,12-13H2,1-3H3. The van der Waals surface area contributed by atoms with Crippen molar-refractivity contribution in [2.24, 2.45) is 5.92 Å². The highest BCUT2D eigenvalue weighted by Gasteiger charge is 2.45. The van der Waals surface area contributed by atoms with Gasteiger partial charge in [-0.05, 0) is 61.9 Å². The van der Waals surface area contributed by atoms with Gasteiger partial charge in [-0.15, -0.1) is 0 Å². The molecule has 0 spiro atoms. The largest absolute Gasteiger partial charge is 0.490 e. The Morgan fingerprint density at radius 2 is 2.12 bits per heavy atom. The molecule has 6 nitrogen and oxygen atoms in total. The number of hydrogen-bond acceptors (Lipinski definition) is 5. The van der Waals surface area contributed by atoms with E-state index in [-0.39, 0.29) is 18.1 Å². The number of likely N-dealkylation sites (tertiary alicyclic amines) is 1. The average Bonchev–Trinajstić information content (AvgIpc) is 3.49. The number of carbonyl (C=O) groups is 1. The molecule has 0 N–H and O–H groups in total. The molecule has 2 unspecified atom stereocenters. The normalized spacial score (nSPS) is 19.0. The monoisotopic (exact) mass is 441 g/mol. The van der Waals surface area contributed by atoms with Crippen LogP contribution in [0.3, 0.4) is 0 Å². The van der Waals surface area contributed by atoms with Gasteiger partial charge in [0.25, 0.3) is 0 Å². The van der Waals surface area contributed by atoms with Crippen molar-refractivity contribution < 1.29 is 13.9 Å². The highest BCUT2D eigenvalue weighted by molar-refractivity contribution is 5.81. The molecule has 2 atom stereocenters. The quantitative estimate of drug-likeness (QED) is 0.503. The van der Waals surface area contributed by atoms with Crippen LogP contribution in [0.4, 0.5) is 0 Å². The van der Waals surface area contributed by atoms with Gasteiger partial charge in [-0.25, -0.2) is 4.98 Å². The van der Waals surface area contributed by atoms with Gasteiger partial charge in [0.1, 0.15) is 11.8 Å². The van der Waals surface area contributed by atoms with Crippen molar-refractivity contribution in [3.63, 3.8) is 0 Å². The first-order valence-electron chi connectivity index (χ1n) is 11.6. The van der Waals surface area contributed by atoms with Gasteiger partial charge in [0.05, 0.1) is 23.9 Å². The van der Waals surface area contributed by atoms with Crippen LogP contribution in [0, 0.1) is 17.2 Å². The molecule has 1 aliphatic carbocycles. The van der Waals surface area contributed by atoms with Crippen molar-refractivity contribution in [3.05, 3.63) is 59.3 Å². The molecular weight excluding hydrogens is 414 g/mol. The van der Waals surface area contributed by atoms with Gasteiger partial charge in [0.15, 0.2) is 5.76 Å². The molecule has 168 valence electrons. The second kappa shape index (κ2) is 8.40. The van der Waals surface area contributed by atoms with Crippen LogP contribution in [-0.2, 0) is 11.2 Å². The first kappa shape index (κ1) is 21.3. The van der Waals surface area contributed by atoms with E-state index in [1.54, 1.807) is 18.3 Å². The maximum atomic E-state index is 12.5. The Morgan fingerprint density at radius 3 is 2.88 bits per heavy atom. The summed E-state index contributed by atoms with van der Waals surface area (Å²) in [7, 11) is 0. The second-order valence-corrected chi connectivity index (χ2v) is 9.09. The van der Waals surface area contributed by atoms with Crippen LogP contribution < -0.4 is 4.74 Å². The summed E-state index contributed by atoms with van der Waals surface area (Å²) < 4.78 is 11.9. The predicted octanol–water partition coefficient (Wildman–Crippen LogP) is 5.52. The molecule has 33 heavy (non-hydrogen) atoms. The van der Waals surface area contributed by atoms with E-state index in [9.17, 15) is 10.1 Å². The fraction of sp³-hybridized carbons (Fsp3) is 0.370. The lowest BCUT2D eigenvalue weighted by molar-refractivity contribution is -0.129. The van der Waals surface area contributed by atoms with Crippen molar-refractivity contribution >= 4 is 5.91 Å². The minimum absolute atomic E-state index is 0.0143. The molecule has 1 aliphatic heterocycles. The maximum absolute atomic E-state index is 12.5. The number of nitriles is 1. The molecule has 1 amide bonds. The van der Waals surface area contributed by atoms with E-state index in [4.69, 9.17) is 9.15 Å². The van der Waals surface area contributed by atoms with Crippen molar-refractivity contribution in [3.8, 4) is 34.6 Å². The van der Waals surface area contributed by atoms with E-state index in [2.05, 4.69) is 35.0 Å². The fourth-order valence-electron chi connectivity index (χ4n) is 5.21. The van der Waals surface area contributed by atoms with Gasteiger partial charge >= 0.3 is 0 Å². The number of amides is 1. The highest BCUT2D eigenvalue weighted by atomic mass is 16.5. The molecule has 5 rings (SSSR count). The summed E-state index contributed by atoms with van der Waals surface area (Å²) >= 11 is 0. The molecule has 3 aromatic rings. The Labute approximate surface area is 193 Å². The lowest BCUT2D eigenvalue weighted by Gasteiger charge is -2.24. The molecule has 0 radical (unpaired) electrons. The van der Waals surface area contributed by atoms with E-state index >= 15 is 0 Å². The SMILES string of the molecule is CCCN1C(=O)CC2Cc3c(-c4cnc(-c5ccc(OC(C)C)c(C#N)c5)o4)cccc3C21. The highest BCUT2D eigenvalue weighted by Crippen LogP contribution is 2.49. The average molecular weight is 442 g/mol. The molecule has 0 bridgehead atoms. The van der Waals surface area contributed by atoms with Gasteiger partial charge in [0, 0.05) is 24.1 Å². The van der Waals surface area contributed by atoms with Crippen molar-refractivity contribution in [2.45, 2.75) is 52.2 Å². The summed E-state index contributed by atoms with van der Waals surface area (Å²) in [5.74, 6) is 2.33. The minimum Gasteiger partial charge on any atom is -0.490 e. The third kappa shape index (κ3) is 3.68. The molecule has 2 aromatic carbocycles. The number of oxazole rings is 1. The minimum atomic E-state index is -0.0143. The lowest BCUT2D eigenvalue weighted by atomic mass is 10.0. The number of carbonyl (C=O) groups excluding carboxylic acids is 1. The maximum Gasteiger partial charge on any atom is 0.226 e. The first-order chi connectivity index (χ1) is 16.0. The first-order valence-corrected chi connectivity index (χ1v) is 11.6. The summed E-state index contributed by atoms with van der Waals surface area (Å²) in [5, 5.41) is 9.54. The molecule has 0 saturated carbocycles. The third-order valence-electron chi connectivity index (χ3n) is 6.48. The van der Waals surface area contributed by atoms with Crippen molar-refractivity contribution in [1.82, 2.24) is 9.88 Å². The zero-order valence-corrected chi connectivity index (χ0v) is 19.2. The summed E-state index contributed by atoms with van der Waals surface area (Å²) in [5.41, 5.74) is 4.71. The number of nitrogens with zero attached hydrogens (tertiary/aromatic N) is 3. The van der Waals surface area contributed by atoms with Gasteiger partial charge in [-0.1, -0.05) is 25.1 Å². The summed E-state index contributed by atoms with van der Waals surface area (Å²) in [6, 6.07) is 14.0. The van der Waals surface area contributed by atoms with Crippen LogP contribution in [-0.4, -0.2) is 28.4 Å². The number of fused-ring (bicyclic) bond motifs is 3. The van der Waals surface area contributed by atoms with E-state index in [0.717, 1.165) is 30.5 Å². The Bertz CT molecular complexity index is 1250. The summed E-state index contributed by atoms with van der Waals surface area (Å²) in [4.78, 5) is 19.1. The van der Waals surface area contributed by atoms with Gasteiger partial charge in [-0.3, -0.25) is 4.79 Å². The fourth-order valence-corrected chi connectivity index (χ4v) is 5.21. The number of benzene rings is 2. The van der Waals surface area contributed by atoms with Crippen LogP contribution >= 0.6 is 0 Å². The predicted molar refractivity (Wildman–Crippen MR) is 124 cm³/mol. The summed E-state index contributed by atoms with van der Waals surface area (Å²) in [6.45, 7) is 6.77. The van der Waals surface area contributed by atoms with Gasteiger partial charge in [-0.2, -0.15) is 5.26 Å². The Morgan fingerprint density at radius 1 is 1.27 bits per heavy atom. The van der Waals surface area contributed by atoms with Crippen LogP contribution in [0.15, 0.2) is 47.0 Å². The zero-order valence-electron chi connectivity index (χ0n) is 19.2. The number of rotatable bonds is 6. The molecule has 6 heteroatoms. The molecule has 1 fully saturated rings. The molecule has 2 aliphatic rings. The van der Waals surface area contributed by atoms with E-state index in [1.165, 1.54) is 11.1 Å². The smallest absolute Gasteiger partial charge is 0.226 e. The Hall–Kier alpha value is -3.59. The van der Waals surface area contributed by atoms with Crippen molar-refractivity contribution in [2.75, 3.05) is 6.54 Å². The number of aromatic nitrogens is 1. The topological polar surface area (TPSA) is 79.4 Å². The molecule has 1 aromatic heterocycles. The van der Waals surface area contributed by atoms with Gasteiger partial charge < -0.3 is 14.1 Å². The second-order valence-electron chi connectivity index (χ2n) is 9.09. The van der Waals surface area contributed by atoms with Crippen LogP contribution in [0.1, 0.15) is 56.3 Å². The van der Waals surface area contributed by atoms with Crippen LogP contribution in [0.25, 0.3) is 22.8 Å². The third-order valence-corrected chi connectivity index (χ3v) is 6.48. The zero-order chi connectivity index (χ0) is 23.1. The molecular formula is C27H27N3O3. The van der Waals surface area contributed by atoms with Crippen LogP contribution in [0.5, 0.6) is 5.75 Å². The molecule has 2 heterocycles. The number of hydrogen-bond donors (Lipinski definition) is 0. The van der Waals surface area contributed by atoms with E-state index < -0.39 is 0 Å². The van der Waals surface area contributed by atoms with E-state index in [0.29, 0.717) is 35.3 Å². The molecule has 1 saturated heterocycles. The van der Waals surface area contributed by atoms with Crippen LogP contribution in [0.2, 0.25) is 0 Å². The Kier molecular flexibility index (Phi) is 5.41.